The molecule has 1 N–H and O–H groups in total. The highest BCUT2D eigenvalue weighted by Gasteiger charge is 2.06. The van der Waals surface area contributed by atoms with Gasteiger partial charge in [-0.25, -0.2) is 0 Å². The standard InChI is InChI=1S/C10H12BrClO/c1-2-9(13)5-7-3-4-8(11)6-10(7)12/h3-4,6,9,13H,2,5H2,1H3. The Balaban J connectivity index is 2.77. The van der Waals surface area contributed by atoms with Crippen molar-refractivity contribution >= 4 is 27.5 Å². The fraction of sp³-hybridized carbons (Fsp3) is 0.400. The van der Waals surface area contributed by atoms with Crippen LogP contribution in [0, 0.1) is 0 Å². The van der Waals surface area contributed by atoms with E-state index in [1.807, 2.05) is 25.1 Å². The molecule has 13 heavy (non-hydrogen) atoms. The highest BCUT2D eigenvalue weighted by atomic mass is 79.9. The third-order valence-electron chi connectivity index (χ3n) is 1.94. The van der Waals surface area contributed by atoms with E-state index < -0.39 is 0 Å². The van der Waals surface area contributed by atoms with Gasteiger partial charge in [-0.3, -0.25) is 0 Å². The summed E-state index contributed by atoms with van der Waals surface area (Å²) in [6.07, 6.45) is 1.09. The van der Waals surface area contributed by atoms with Crippen LogP contribution in [0.5, 0.6) is 0 Å². The Morgan fingerprint density at radius 2 is 2.23 bits per heavy atom. The zero-order chi connectivity index (χ0) is 9.84. The van der Waals surface area contributed by atoms with Crippen LogP contribution in [0.3, 0.4) is 0 Å². The molecule has 3 heteroatoms. The lowest BCUT2D eigenvalue weighted by Crippen LogP contribution is -2.08. The van der Waals surface area contributed by atoms with E-state index in [0.717, 1.165) is 16.5 Å². The highest BCUT2D eigenvalue weighted by Crippen LogP contribution is 2.22. The minimum absolute atomic E-state index is 0.293. The van der Waals surface area contributed by atoms with Crippen LogP contribution < -0.4 is 0 Å². The maximum atomic E-state index is 9.43. The summed E-state index contributed by atoms with van der Waals surface area (Å²) in [5, 5.41) is 10.1. The number of hydrogen-bond donors (Lipinski definition) is 1. The Hall–Kier alpha value is -0.0500. The Morgan fingerprint density at radius 3 is 2.77 bits per heavy atom. The first kappa shape index (κ1) is 11.0. The first-order chi connectivity index (χ1) is 6.13. The molecule has 1 aromatic carbocycles. The van der Waals surface area contributed by atoms with Gasteiger partial charge in [-0.15, -0.1) is 0 Å². The molecule has 0 saturated heterocycles. The van der Waals surface area contributed by atoms with Crippen LogP contribution in [-0.4, -0.2) is 11.2 Å². The second-order valence-electron chi connectivity index (χ2n) is 3.00. The predicted molar refractivity (Wildman–Crippen MR) is 59.2 cm³/mol. The van der Waals surface area contributed by atoms with Crippen molar-refractivity contribution in [2.75, 3.05) is 0 Å². The van der Waals surface area contributed by atoms with E-state index in [1.54, 1.807) is 0 Å². The Labute approximate surface area is 91.9 Å². The van der Waals surface area contributed by atoms with E-state index in [2.05, 4.69) is 15.9 Å². The van der Waals surface area contributed by atoms with E-state index >= 15 is 0 Å². The number of halogens is 2. The molecule has 0 saturated carbocycles. The molecule has 0 aliphatic heterocycles. The van der Waals surface area contributed by atoms with Crippen molar-refractivity contribution in [3.8, 4) is 0 Å². The molecule has 0 heterocycles. The maximum Gasteiger partial charge on any atom is 0.0578 e. The van der Waals surface area contributed by atoms with Gasteiger partial charge in [0.1, 0.15) is 0 Å². The quantitative estimate of drug-likeness (QED) is 0.886. The highest BCUT2D eigenvalue weighted by molar-refractivity contribution is 9.10. The van der Waals surface area contributed by atoms with Crippen molar-refractivity contribution in [1.29, 1.82) is 0 Å². The Kier molecular flexibility index (Phi) is 4.23. The van der Waals surface area contributed by atoms with Crippen LogP contribution in [0.4, 0.5) is 0 Å². The van der Waals surface area contributed by atoms with Gasteiger partial charge >= 0.3 is 0 Å². The predicted octanol–water partition coefficient (Wildman–Crippen LogP) is 3.42. The molecule has 1 unspecified atom stereocenters. The molecule has 0 radical (unpaired) electrons. The summed E-state index contributed by atoms with van der Waals surface area (Å²) in [6, 6.07) is 5.72. The molecule has 0 aromatic heterocycles. The normalized spacial score (nSPS) is 12.9. The van der Waals surface area contributed by atoms with Crippen LogP contribution in [0.15, 0.2) is 22.7 Å². The summed E-state index contributed by atoms with van der Waals surface area (Å²) in [7, 11) is 0. The molecule has 1 atom stereocenters. The number of aliphatic hydroxyl groups is 1. The average molecular weight is 264 g/mol. The third-order valence-corrected chi connectivity index (χ3v) is 2.79. The first-order valence-corrected chi connectivity index (χ1v) is 5.42. The molecular weight excluding hydrogens is 251 g/mol. The molecule has 0 fully saturated rings. The van der Waals surface area contributed by atoms with Gasteiger partial charge in [0.25, 0.3) is 0 Å². The lowest BCUT2D eigenvalue weighted by Gasteiger charge is -2.09. The number of hydrogen-bond acceptors (Lipinski definition) is 1. The summed E-state index contributed by atoms with van der Waals surface area (Å²) in [5.74, 6) is 0. The van der Waals surface area contributed by atoms with Crippen LogP contribution in [-0.2, 0) is 6.42 Å². The summed E-state index contributed by atoms with van der Waals surface area (Å²) in [5.41, 5.74) is 0.999. The fourth-order valence-electron chi connectivity index (χ4n) is 1.09. The Bertz CT molecular complexity index is 288. The van der Waals surface area contributed by atoms with Gasteiger partial charge in [-0.05, 0) is 30.5 Å². The van der Waals surface area contributed by atoms with Gasteiger partial charge in [0, 0.05) is 9.50 Å². The molecule has 1 nitrogen and oxygen atoms in total. The summed E-state index contributed by atoms with van der Waals surface area (Å²) < 4.78 is 0.965. The monoisotopic (exact) mass is 262 g/mol. The van der Waals surface area contributed by atoms with Gasteiger partial charge in [-0.1, -0.05) is 40.5 Å². The topological polar surface area (TPSA) is 20.2 Å². The van der Waals surface area contributed by atoms with Crippen LogP contribution >= 0.6 is 27.5 Å². The van der Waals surface area contributed by atoms with E-state index in [0.29, 0.717) is 11.4 Å². The molecule has 0 aliphatic carbocycles. The van der Waals surface area contributed by atoms with E-state index in [1.165, 1.54) is 0 Å². The third kappa shape index (κ3) is 3.29. The van der Waals surface area contributed by atoms with E-state index in [9.17, 15) is 5.11 Å². The fourth-order valence-corrected chi connectivity index (χ4v) is 1.84. The van der Waals surface area contributed by atoms with E-state index in [4.69, 9.17) is 11.6 Å². The van der Waals surface area contributed by atoms with Crippen molar-refractivity contribution in [2.45, 2.75) is 25.9 Å². The largest absolute Gasteiger partial charge is 0.393 e. The Morgan fingerprint density at radius 1 is 1.54 bits per heavy atom. The second kappa shape index (κ2) is 4.99. The van der Waals surface area contributed by atoms with Crippen molar-refractivity contribution in [3.63, 3.8) is 0 Å². The zero-order valence-electron chi connectivity index (χ0n) is 7.43. The molecule has 0 aliphatic rings. The van der Waals surface area contributed by atoms with Crippen LogP contribution in [0.1, 0.15) is 18.9 Å². The summed E-state index contributed by atoms with van der Waals surface area (Å²) >= 11 is 9.32. The van der Waals surface area contributed by atoms with Gasteiger partial charge in [0.2, 0.25) is 0 Å². The second-order valence-corrected chi connectivity index (χ2v) is 4.32. The van der Waals surface area contributed by atoms with Gasteiger partial charge < -0.3 is 5.11 Å². The van der Waals surface area contributed by atoms with Crippen molar-refractivity contribution in [3.05, 3.63) is 33.3 Å². The minimum atomic E-state index is -0.293. The number of rotatable bonds is 3. The molecule has 1 aromatic rings. The van der Waals surface area contributed by atoms with Gasteiger partial charge in [0.05, 0.1) is 6.10 Å². The SMILES string of the molecule is CCC(O)Cc1ccc(Br)cc1Cl. The molecule has 72 valence electrons. The first-order valence-electron chi connectivity index (χ1n) is 4.25. The lowest BCUT2D eigenvalue weighted by atomic mass is 10.1. The zero-order valence-corrected chi connectivity index (χ0v) is 9.77. The summed E-state index contributed by atoms with van der Waals surface area (Å²) in [4.78, 5) is 0. The average Bonchev–Trinajstić information content (AvgIpc) is 2.09. The molecular formula is C10H12BrClO. The van der Waals surface area contributed by atoms with Crippen LogP contribution in [0.25, 0.3) is 0 Å². The number of aliphatic hydroxyl groups excluding tert-OH is 1. The van der Waals surface area contributed by atoms with Gasteiger partial charge in [-0.2, -0.15) is 0 Å². The van der Waals surface area contributed by atoms with Crippen molar-refractivity contribution < 1.29 is 5.11 Å². The minimum Gasteiger partial charge on any atom is -0.393 e. The smallest absolute Gasteiger partial charge is 0.0578 e. The van der Waals surface area contributed by atoms with Crippen LogP contribution in [0.2, 0.25) is 5.02 Å². The number of benzene rings is 1. The van der Waals surface area contributed by atoms with Crippen molar-refractivity contribution in [1.82, 2.24) is 0 Å². The molecule has 1 rings (SSSR count). The summed E-state index contributed by atoms with van der Waals surface area (Å²) in [6.45, 7) is 1.96. The lowest BCUT2D eigenvalue weighted by molar-refractivity contribution is 0.171. The van der Waals surface area contributed by atoms with Crippen molar-refractivity contribution in [2.24, 2.45) is 0 Å². The molecule has 0 amide bonds. The maximum absolute atomic E-state index is 9.43. The van der Waals surface area contributed by atoms with E-state index in [-0.39, 0.29) is 6.10 Å². The van der Waals surface area contributed by atoms with Gasteiger partial charge in [0.15, 0.2) is 0 Å². The molecule has 0 spiro atoms. The molecule has 0 bridgehead atoms.